The van der Waals surface area contributed by atoms with E-state index < -0.39 is 18.2 Å². The molecule has 4 nitrogen and oxygen atoms in total. The van der Waals surface area contributed by atoms with E-state index in [1.807, 2.05) is 24.3 Å². The average Bonchev–Trinajstić information content (AvgIpc) is 2.30. The van der Waals surface area contributed by atoms with Crippen molar-refractivity contribution < 1.29 is 19.4 Å². The number of carboxylic acid groups (broad SMARTS) is 1. The fourth-order valence-corrected chi connectivity index (χ4v) is 1.91. The molecular weight excluding hydrogens is 276 g/mol. The number of carbonyl (C=O) groups is 1. The minimum Gasteiger partial charge on any atom is -0.479 e. The molecule has 0 aromatic heterocycles. The molecule has 0 aliphatic carbocycles. The van der Waals surface area contributed by atoms with E-state index >= 15 is 0 Å². The first-order valence-electron chi connectivity index (χ1n) is 4.90. The smallest absolute Gasteiger partial charge is 0.335 e. The van der Waals surface area contributed by atoms with Crippen molar-refractivity contribution in [2.45, 2.75) is 12.2 Å². The van der Waals surface area contributed by atoms with Gasteiger partial charge >= 0.3 is 5.97 Å². The van der Waals surface area contributed by atoms with Crippen molar-refractivity contribution in [3.63, 3.8) is 0 Å². The minimum absolute atomic E-state index is 0.323. The van der Waals surface area contributed by atoms with E-state index in [1.54, 1.807) is 0 Å². The van der Waals surface area contributed by atoms with Crippen LogP contribution in [0, 0.1) is 0 Å². The van der Waals surface area contributed by atoms with Gasteiger partial charge in [0.2, 0.25) is 0 Å². The van der Waals surface area contributed by atoms with Crippen molar-refractivity contribution in [2.75, 3.05) is 13.2 Å². The second-order valence-corrected chi connectivity index (χ2v) is 4.39. The maximum atomic E-state index is 11.0. The predicted octanol–water partition coefficient (Wildman–Crippen LogP) is 1.99. The standard InChI is InChI=1S/C11H11BrO4/c12-8-3-1-7(2-4-8)9-10(11(13)14)16-6-5-15-9/h1-4,9-10H,5-6H2,(H,13,14). The largest absolute Gasteiger partial charge is 0.479 e. The van der Waals surface area contributed by atoms with Gasteiger partial charge < -0.3 is 14.6 Å². The molecule has 0 radical (unpaired) electrons. The molecular formula is C11H11BrO4. The van der Waals surface area contributed by atoms with Gasteiger partial charge in [-0.05, 0) is 17.7 Å². The summed E-state index contributed by atoms with van der Waals surface area (Å²) in [7, 11) is 0. The fourth-order valence-electron chi connectivity index (χ4n) is 1.65. The normalized spacial score (nSPS) is 25.3. The Morgan fingerprint density at radius 2 is 1.88 bits per heavy atom. The Morgan fingerprint density at radius 3 is 2.50 bits per heavy atom. The monoisotopic (exact) mass is 286 g/mol. The highest BCUT2D eigenvalue weighted by molar-refractivity contribution is 9.10. The van der Waals surface area contributed by atoms with E-state index in [4.69, 9.17) is 14.6 Å². The van der Waals surface area contributed by atoms with Crippen LogP contribution in [0.4, 0.5) is 0 Å². The van der Waals surface area contributed by atoms with Crippen molar-refractivity contribution in [2.24, 2.45) is 0 Å². The molecule has 16 heavy (non-hydrogen) atoms. The number of aliphatic carboxylic acids is 1. The lowest BCUT2D eigenvalue weighted by Gasteiger charge is -2.29. The molecule has 1 heterocycles. The lowest BCUT2D eigenvalue weighted by molar-refractivity contribution is -0.181. The zero-order valence-electron chi connectivity index (χ0n) is 8.43. The predicted molar refractivity (Wildman–Crippen MR) is 60.2 cm³/mol. The van der Waals surface area contributed by atoms with Crippen LogP contribution in [0.25, 0.3) is 0 Å². The van der Waals surface area contributed by atoms with Gasteiger partial charge in [-0.25, -0.2) is 4.79 Å². The summed E-state index contributed by atoms with van der Waals surface area (Å²) < 4.78 is 11.6. The van der Waals surface area contributed by atoms with Crippen LogP contribution in [0.5, 0.6) is 0 Å². The molecule has 1 saturated heterocycles. The van der Waals surface area contributed by atoms with Crippen LogP contribution in [-0.4, -0.2) is 30.4 Å². The molecule has 0 saturated carbocycles. The average molecular weight is 287 g/mol. The minimum atomic E-state index is -0.993. The zero-order valence-corrected chi connectivity index (χ0v) is 10.0. The summed E-state index contributed by atoms with van der Waals surface area (Å²) in [5.41, 5.74) is 0.815. The van der Waals surface area contributed by atoms with Crippen molar-refractivity contribution in [3.8, 4) is 0 Å². The number of hydrogen-bond acceptors (Lipinski definition) is 3. The highest BCUT2D eigenvalue weighted by Crippen LogP contribution is 2.27. The van der Waals surface area contributed by atoms with E-state index in [9.17, 15) is 4.79 Å². The van der Waals surface area contributed by atoms with Gasteiger partial charge in [0.1, 0.15) is 6.10 Å². The van der Waals surface area contributed by atoms with E-state index in [0.717, 1.165) is 10.0 Å². The third-order valence-electron chi connectivity index (χ3n) is 2.40. The number of rotatable bonds is 2. The van der Waals surface area contributed by atoms with E-state index in [-0.39, 0.29) is 0 Å². The van der Waals surface area contributed by atoms with Crippen LogP contribution in [0.1, 0.15) is 11.7 Å². The van der Waals surface area contributed by atoms with Gasteiger partial charge in [0.25, 0.3) is 0 Å². The summed E-state index contributed by atoms with van der Waals surface area (Å²) in [6, 6.07) is 7.37. The maximum absolute atomic E-state index is 11.0. The number of ether oxygens (including phenoxy) is 2. The highest BCUT2D eigenvalue weighted by Gasteiger charge is 2.34. The SMILES string of the molecule is O=C(O)C1OCCOC1c1ccc(Br)cc1. The Kier molecular flexibility index (Phi) is 3.58. The fraction of sp³-hybridized carbons (Fsp3) is 0.364. The molecule has 2 atom stereocenters. The first-order chi connectivity index (χ1) is 7.68. The lowest BCUT2D eigenvalue weighted by atomic mass is 10.0. The molecule has 0 spiro atoms. The highest BCUT2D eigenvalue weighted by atomic mass is 79.9. The van der Waals surface area contributed by atoms with Gasteiger partial charge in [-0.15, -0.1) is 0 Å². The molecule has 5 heteroatoms. The van der Waals surface area contributed by atoms with E-state index in [2.05, 4.69) is 15.9 Å². The van der Waals surface area contributed by atoms with Gasteiger partial charge in [-0.1, -0.05) is 28.1 Å². The van der Waals surface area contributed by atoms with Crippen LogP contribution in [0.3, 0.4) is 0 Å². The molecule has 2 rings (SSSR count). The molecule has 0 bridgehead atoms. The second-order valence-electron chi connectivity index (χ2n) is 3.47. The molecule has 86 valence electrons. The van der Waals surface area contributed by atoms with Gasteiger partial charge in [-0.3, -0.25) is 0 Å². The van der Waals surface area contributed by atoms with Crippen LogP contribution < -0.4 is 0 Å². The quantitative estimate of drug-likeness (QED) is 0.903. The Hall–Kier alpha value is -0.910. The first kappa shape index (κ1) is 11.6. The molecule has 1 aromatic rings. The van der Waals surface area contributed by atoms with Crippen LogP contribution in [0.2, 0.25) is 0 Å². The summed E-state index contributed by atoms with van der Waals surface area (Å²) >= 11 is 3.33. The Bertz CT molecular complexity index is 376. The van der Waals surface area contributed by atoms with Crippen molar-refractivity contribution in [1.29, 1.82) is 0 Å². The van der Waals surface area contributed by atoms with E-state index in [0.29, 0.717) is 13.2 Å². The Labute approximate surface area is 101 Å². The molecule has 1 aliphatic rings. The number of carboxylic acids is 1. The molecule has 1 aromatic carbocycles. The van der Waals surface area contributed by atoms with Gasteiger partial charge in [0, 0.05) is 4.47 Å². The van der Waals surface area contributed by atoms with Crippen LogP contribution >= 0.6 is 15.9 Å². The summed E-state index contributed by atoms with van der Waals surface area (Å²) in [5, 5.41) is 9.01. The summed E-state index contributed by atoms with van der Waals surface area (Å²) in [4.78, 5) is 11.0. The number of hydrogen-bond donors (Lipinski definition) is 1. The molecule has 1 fully saturated rings. The molecule has 2 unspecified atom stereocenters. The third kappa shape index (κ3) is 2.42. The molecule has 0 amide bonds. The number of halogens is 1. The molecule has 1 aliphatic heterocycles. The van der Waals surface area contributed by atoms with Crippen molar-refractivity contribution in [3.05, 3.63) is 34.3 Å². The van der Waals surface area contributed by atoms with Crippen molar-refractivity contribution in [1.82, 2.24) is 0 Å². The number of benzene rings is 1. The Morgan fingerprint density at radius 1 is 1.25 bits per heavy atom. The van der Waals surface area contributed by atoms with Crippen molar-refractivity contribution >= 4 is 21.9 Å². The van der Waals surface area contributed by atoms with E-state index in [1.165, 1.54) is 0 Å². The lowest BCUT2D eigenvalue weighted by Crippen LogP contribution is -2.38. The molecule has 1 N–H and O–H groups in total. The second kappa shape index (κ2) is 4.95. The topological polar surface area (TPSA) is 55.8 Å². The summed E-state index contributed by atoms with van der Waals surface area (Å²) in [5.74, 6) is -0.993. The first-order valence-corrected chi connectivity index (χ1v) is 5.69. The Balaban J connectivity index is 2.23. The van der Waals surface area contributed by atoms with Gasteiger partial charge in [-0.2, -0.15) is 0 Å². The summed E-state index contributed by atoms with van der Waals surface area (Å²) in [6.45, 7) is 0.745. The zero-order chi connectivity index (χ0) is 11.5. The maximum Gasteiger partial charge on any atom is 0.335 e. The van der Waals surface area contributed by atoms with Gasteiger partial charge in [0.15, 0.2) is 6.10 Å². The van der Waals surface area contributed by atoms with Crippen LogP contribution in [0.15, 0.2) is 28.7 Å². The third-order valence-corrected chi connectivity index (χ3v) is 2.92. The van der Waals surface area contributed by atoms with Gasteiger partial charge in [0.05, 0.1) is 13.2 Å². The van der Waals surface area contributed by atoms with Crippen LogP contribution in [-0.2, 0) is 14.3 Å². The summed E-state index contributed by atoms with van der Waals surface area (Å²) in [6.07, 6.45) is -1.45.